The highest BCUT2D eigenvalue weighted by Crippen LogP contribution is 2.24. The van der Waals surface area contributed by atoms with Gasteiger partial charge in [0.05, 0.1) is 4.90 Å². The lowest BCUT2D eigenvalue weighted by Gasteiger charge is -2.09. The summed E-state index contributed by atoms with van der Waals surface area (Å²) in [6, 6.07) is 14.1. The smallest absolute Gasteiger partial charge is 0.219 e. The maximum atomic E-state index is 12.7. The molecule has 0 spiro atoms. The van der Waals surface area contributed by atoms with Crippen LogP contribution in [0, 0.1) is 0 Å². The number of hydrogen-bond donors (Lipinski definition) is 1. The summed E-state index contributed by atoms with van der Waals surface area (Å²) in [4.78, 5) is 8.43. The monoisotopic (exact) mass is 427 g/mol. The average Bonchev–Trinajstić information content (AvgIpc) is 3.20. The molecule has 2 heterocycles. The Bertz CT molecular complexity index is 1240. The van der Waals surface area contributed by atoms with E-state index in [-0.39, 0.29) is 4.90 Å². The third-order valence-electron chi connectivity index (χ3n) is 4.44. The Morgan fingerprint density at radius 2 is 1.86 bits per heavy atom. The molecule has 0 aliphatic heterocycles. The molecular weight excluding hydrogens is 410 g/mol. The first-order chi connectivity index (χ1) is 14.0. The molecule has 29 heavy (non-hydrogen) atoms. The number of sulfonamides is 1. The largest absolute Gasteiger partial charge is 0.252 e. The van der Waals surface area contributed by atoms with Crippen LogP contribution in [0.2, 0.25) is 5.02 Å². The number of nitrogens with one attached hydrogen (secondary N) is 1. The van der Waals surface area contributed by atoms with E-state index in [4.69, 9.17) is 11.6 Å². The average molecular weight is 428 g/mol. The molecule has 0 radical (unpaired) electrons. The summed E-state index contributed by atoms with van der Waals surface area (Å²) in [5.41, 5.74) is 2.69. The van der Waals surface area contributed by atoms with Gasteiger partial charge in [0.2, 0.25) is 10.0 Å². The van der Waals surface area contributed by atoms with Gasteiger partial charge >= 0.3 is 0 Å². The molecule has 7 nitrogen and oxygen atoms in total. The van der Waals surface area contributed by atoms with E-state index in [2.05, 4.69) is 19.8 Å². The Morgan fingerprint density at radius 1 is 1.03 bits per heavy atom. The van der Waals surface area contributed by atoms with Gasteiger partial charge < -0.3 is 0 Å². The third-order valence-corrected chi connectivity index (χ3v) is 6.15. The second-order valence-corrected chi connectivity index (χ2v) is 8.71. The van der Waals surface area contributed by atoms with Gasteiger partial charge in [0.15, 0.2) is 0 Å². The van der Waals surface area contributed by atoms with Crippen LogP contribution < -0.4 is 4.72 Å². The first kappa shape index (κ1) is 19.5. The molecule has 0 bridgehead atoms. The SMILES string of the molecule is O=S(=O)(NCCCc1cnc2ncnn2c1)c1cccc(-c2ccc(Cl)cc2)c1. The molecule has 2 aromatic carbocycles. The highest BCUT2D eigenvalue weighted by molar-refractivity contribution is 7.89. The Kier molecular flexibility index (Phi) is 5.57. The summed E-state index contributed by atoms with van der Waals surface area (Å²) >= 11 is 5.92. The van der Waals surface area contributed by atoms with Gasteiger partial charge in [-0.05, 0) is 53.8 Å². The molecule has 0 saturated carbocycles. The Hall–Kier alpha value is -2.81. The van der Waals surface area contributed by atoms with Crippen LogP contribution in [0.3, 0.4) is 0 Å². The molecule has 1 N–H and O–H groups in total. The molecule has 148 valence electrons. The van der Waals surface area contributed by atoms with Crippen LogP contribution >= 0.6 is 11.6 Å². The van der Waals surface area contributed by atoms with Gasteiger partial charge in [-0.1, -0.05) is 35.9 Å². The van der Waals surface area contributed by atoms with Crippen molar-refractivity contribution in [1.29, 1.82) is 0 Å². The van der Waals surface area contributed by atoms with Gasteiger partial charge in [-0.2, -0.15) is 10.1 Å². The molecule has 4 aromatic rings. The van der Waals surface area contributed by atoms with E-state index >= 15 is 0 Å². The highest BCUT2D eigenvalue weighted by atomic mass is 35.5. The van der Waals surface area contributed by atoms with Crippen molar-refractivity contribution < 1.29 is 8.42 Å². The molecule has 0 aliphatic rings. The number of aromatic nitrogens is 4. The van der Waals surface area contributed by atoms with Crippen molar-refractivity contribution >= 4 is 27.4 Å². The summed E-state index contributed by atoms with van der Waals surface area (Å²) in [5, 5.41) is 4.69. The lowest BCUT2D eigenvalue weighted by Crippen LogP contribution is -2.25. The number of benzene rings is 2. The topological polar surface area (TPSA) is 89.2 Å². The predicted molar refractivity (Wildman–Crippen MR) is 111 cm³/mol. The molecule has 0 aliphatic carbocycles. The Labute approximate surface area is 173 Å². The van der Waals surface area contributed by atoms with Gasteiger partial charge in [-0.3, -0.25) is 0 Å². The van der Waals surface area contributed by atoms with E-state index in [1.165, 1.54) is 6.33 Å². The maximum absolute atomic E-state index is 12.7. The molecule has 0 unspecified atom stereocenters. The van der Waals surface area contributed by atoms with Crippen molar-refractivity contribution in [3.8, 4) is 11.1 Å². The van der Waals surface area contributed by atoms with Crippen LogP contribution in [-0.2, 0) is 16.4 Å². The van der Waals surface area contributed by atoms with E-state index < -0.39 is 10.0 Å². The summed E-state index contributed by atoms with van der Waals surface area (Å²) in [6.45, 7) is 0.322. The van der Waals surface area contributed by atoms with Crippen LogP contribution in [0.4, 0.5) is 0 Å². The minimum atomic E-state index is -3.60. The second kappa shape index (κ2) is 8.28. The number of fused-ring (bicyclic) bond motifs is 1. The van der Waals surface area contributed by atoms with E-state index in [9.17, 15) is 8.42 Å². The zero-order chi connectivity index (χ0) is 20.3. The summed E-state index contributed by atoms with van der Waals surface area (Å²) in [7, 11) is -3.60. The minimum absolute atomic E-state index is 0.232. The quantitative estimate of drug-likeness (QED) is 0.457. The second-order valence-electron chi connectivity index (χ2n) is 6.50. The summed E-state index contributed by atoms with van der Waals surface area (Å²) in [6.07, 6.45) is 6.33. The van der Waals surface area contributed by atoms with Crippen molar-refractivity contribution in [1.82, 2.24) is 24.3 Å². The van der Waals surface area contributed by atoms with Gasteiger partial charge in [-0.25, -0.2) is 22.6 Å². The third kappa shape index (κ3) is 4.61. The van der Waals surface area contributed by atoms with Gasteiger partial charge in [0.1, 0.15) is 6.33 Å². The summed E-state index contributed by atoms with van der Waals surface area (Å²) in [5.74, 6) is 0.537. The molecular formula is C20H18ClN5O2S. The zero-order valence-electron chi connectivity index (χ0n) is 15.4. The van der Waals surface area contributed by atoms with Crippen LogP contribution in [0.25, 0.3) is 16.9 Å². The fraction of sp³-hybridized carbons (Fsp3) is 0.150. The Morgan fingerprint density at radius 3 is 2.69 bits per heavy atom. The van der Waals surface area contributed by atoms with Crippen LogP contribution in [0.15, 0.2) is 72.1 Å². The number of nitrogens with zero attached hydrogens (tertiary/aromatic N) is 4. The number of hydrogen-bond acceptors (Lipinski definition) is 5. The molecule has 0 saturated heterocycles. The zero-order valence-corrected chi connectivity index (χ0v) is 16.9. The van der Waals surface area contributed by atoms with Crippen LogP contribution in [0.5, 0.6) is 0 Å². The van der Waals surface area contributed by atoms with E-state index in [1.807, 2.05) is 24.4 Å². The standard InChI is InChI=1S/C20H18ClN5O2S/c21-18-8-6-16(7-9-18)17-4-1-5-19(11-17)29(27,28)25-10-2-3-15-12-22-20-23-14-24-26(20)13-15/h1,4-9,11-14,25H,2-3,10H2. The fourth-order valence-electron chi connectivity index (χ4n) is 2.96. The van der Waals surface area contributed by atoms with Gasteiger partial charge in [-0.15, -0.1) is 0 Å². The van der Waals surface area contributed by atoms with E-state index in [0.717, 1.165) is 16.7 Å². The van der Waals surface area contributed by atoms with Crippen molar-refractivity contribution in [3.05, 3.63) is 77.8 Å². The van der Waals surface area contributed by atoms with Gasteiger partial charge in [0, 0.05) is 24.0 Å². The number of aryl methyl sites for hydroxylation is 1. The lowest BCUT2D eigenvalue weighted by molar-refractivity contribution is 0.579. The van der Waals surface area contributed by atoms with Crippen molar-refractivity contribution in [3.63, 3.8) is 0 Å². The van der Waals surface area contributed by atoms with E-state index in [1.54, 1.807) is 41.0 Å². The van der Waals surface area contributed by atoms with Crippen LogP contribution in [0.1, 0.15) is 12.0 Å². The lowest BCUT2D eigenvalue weighted by atomic mass is 10.1. The molecule has 4 rings (SSSR count). The minimum Gasteiger partial charge on any atom is -0.219 e. The van der Waals surface area contributed by atoms with E-state index in [0.29, 0.717) is 30.2 Å². The molecule has 0 amide bonds. The molecule has 0 atom stereocenters. The molecule has 9 heteroatoms. The Balaban J connectivity index is 1.39. The first-order valence-electron chi connectivity index (χ1n) is 9.01. The van der Waals surface area contributed by atoms with Crippen molar-refractivity contribution in [2.45, 2.75) is 17.7 Å². The predicted octanol–water partition coefficient (Wildman–Crippen LogP) is 3.36. The van der Waals surface area contributed by atoms with Crippen molar-refractivity contribution in [2.24, 2.45) is 0 Å². The molecule has 2 aromatic heterocycles. The van der Waals surface area contributed by atoms with Crippen LogP contribution in [-0.4, -0.2) is 34.5 Å². The first-order valence-corrected chi connectivity index (χ1v) is 10.9. The van der Waals surface area contributed by atoms with Gasteiger partial charge in [0.25, 0.3) is 5.78 Å². The number of rotatable bonds is 7. The highest BCUT2D eigenvalue weighted by Gasteiger charge is 2.14. The van der Waals surface area contributed by atoms with Crippen molar-refractivity contribution in [2.75, 3.05) is 6.54 Å². The summed E-state index contributed by atoms with van der Waals surface area (Å²) < 4.78 is 29.6. The normalized spacial score (nSPS) is 11.8. The number of halogens is 1. The maximum Gasteiger partial charge on any atom is 0.252 e. The fourth-order valence-corrected chi connectivity index (χ4v) is 4.20. The molecule has 0 fully saturated rings.